The molecule has 1 atom stereocenters. The van der Waals surface area contributed by atoms with E-state index in [2.05, 4.69) is 6.42 Å². The predicted octanol–water partition coefficient (Wildman–Crippen LogP) is 1.67. The highest BCUT2D eigenvalue weighted by molar-refractivity contribution is 5.72. The van der Waals surface area contributed by atoms with Crippen molar-refractivity contribution in [1.82, 2.24) is 4.90 Å². The van der Waals surface area contributed by atoms with Gasteiger partial charge in [0, 0.05) is 31.1 Å². The molecule has 1 unspecified atom stereocenters. The van der Waals surface area contributed by atoms with Crippen LogP contribution in [0.2, 0.25) is 0 Å². The summed E-state index contributed by atoms with van der Waals surface area (Å²) in [7, 11) is 0. The SMILES string of the molecule is NC(=O)N1CC[CH]C(c2ccc([N+](=O)[O-])cc2)C1. The first-order valence-corrected chi connectivity index (χ1v) is 5.70. The fourth-order valence-corrected chi connectivity index (χ4v) is 2.12. The van der Waals surface area contributed by atoms with Gasteiger partial charge >= 0.3 is 6.03 Å². The van der Waals surface area contributed by atoms with Gasteiger partial charge in [0.1, 0.15) is 0 Å². The first-order chi connectivity index (χ1) is 8.58. The number of likely N-dealkylation sites (tertiary alicyclic amines) is 1. The van der Waals surface area contributed by atoms with Crippen molar-refractivity contribution >= 4 is 11.7 Å². The van der Waals surface area contributed by atoms with Gasteiger partial charge in [0.05, 0.1) is 4.92 Å². The zero-order chi connectivity index (χ0) is 13.1. The Balaban J connectivity index is 2.11. The van der Waals surface area contributed by atoms with Crippen LogP contribution in [0.1, 0.15) is 17.9 Å². The zero-order valence-corrected chi connectivity index (χ0v) is 9.78. The van der Waals surface area contributed by atoms with Crippen LogP contribution >= 0.6 is 0 Å². The number of rotatable bonds is 2. The van der Waals surface area contributed by atoms with E-state index in [9.17, 15) is 14.9 Å². The number of urea groups is 1. The molecule has 6 nitrogen and oxygen atoms in total. The summed E-state index contributed by atoms with van der Waals surface area (Å²) >= 11 is 0. The average Bonchev–Trinajstić information content (AvgIpc) is 2.39. The number of nitro benzene ring substituents is 1. The zero-order valence-electron chi connectivity index (χ0n) is 9.78. The van der Waals surface area contributed by atoms with Crippen LogP contribution < -0.4 is 5.73 Å². The van der Waals surface area contributed by atoms with Crippen molar-refractivity contribution in [2.45, 2.75) is 12.3 Å². The van der Waals surface area contributed by atoms with E-state index >= 15 is 0 Å². The maximum atomic E-state index is 11.1. The smallest absolute Gasteiger partial charge is 0.314 e. The molecule has 2 rings (SSSR count). The minimum atomic E-state index is -0.427. The van der Waals surface area contributed by atoms with Crippen LogP contribution in [0.5, 0.6) is 0 Å². The van der Waals surface area contributed by atoms with Gasteiger partial charge in [-0.25, -0.2) is 4.79 Å². The molecule has 2 amide bonds. The summed E-state index contributed by atoms with van der Waals surface area (Å²) in [5.41, 5.74) is 6.29. The van der Waals surface area contributed by atoms with Gasteiger partial charge in [-0.15, -0.1) is 0 Å². The lowest BCUT2D eigenvalue weighted by Gasteiger charge is -2.31. The lowest BCUT2D eigenvalue weighted by atomic mass is 9.91. The second kappa shape index (κ2) is 5.03. The van der Waals surface area contributed by atoms with Crippen LogP contribution in [0.25, 0.3) is 0 Å². The molecule has 6 heteroatoms. The number of hydrogen-bond donors (Lipinski definition) is 1. The Hall–Kier alpha value is -2.11. The molecule has 18 heavy (non-hydrogen) atoms. The van der Waals surface area contributed by atoms with Crippen molar-refractivity contribution in [3.8, 4) is 0 Å². The highest BCUT2D eigenvalue weighted by Crippen LogP contribution is 2.27. The quantitative estimate of drug-likeness (QED) is 0.637. The Morgan fingerprint density at radius 1 is 1.39 bits per heavy atom. The number of nitrogens with zero attached hydrogens (tertiary/aromatic N) is 2. The molecule has 0 saturated carbocycles. The molecule has 1 aliphatic heterocycles. The number of nitro groups is 1. The van der Waals surface area contributed by atoms with E-state index in [-0.39, 0.29) is 11.6 Å². The maximum absolute atomic E-state index is 11.1. The van der Waals surface area contributed by atoms with Crippen molar-refractivity contribution in [3.05, 3.63) is 46.4 Å². The van der Waals surface area contributed by atoms with Crippen molar-refractivity contribution in [2.24, 2.45) is 5.73 Å². The Bertz CT molecular complexity index is 458. The van der Waals surface area contributed by atoms with Crippen LogP contribution in [-0.2, 0) is 0 Å². The standard InChI is InChI=1S/C12H14N3O3/c13-12(16)14-7-1-2-10(8-14)9-3-5-11(6-4-9)15(17)18/h2-6,10H,1,7-8H2,(H2,13,16). The van der Waals surface area contributed by atoms with Gasteiger partial charge in [0.2, 0.25) is 0 Å². The third kappa shape index (κ3) is 2.58. The molecule has 95 valence electrons. The highest BCUT2D eigenvalue weighted by atomic mass is 16.6. The van der Waals surface area contributed by atoms with Crippen LogP contribution in [0.3, 0.4) is 0 Å². The topological polar surface area (TPSA) is 89.5 Å². The molecular formula is C12H14N3O3. The van der Waals surface area contributed by atoms with E-state index in [1.807, 2.05) is 0 Å². The molecule has 2 N–H and O–H groups in total. The second-order valence-electron chi connectivity index (χ2n) is 4.26. The lowest BCUT2D eigenvalue weighted by molar-refractivity contribution is -0.384. The Kier molecular flexibility index (Phi) is 3.45. The van der Waals surface area contributed by atoms with Gasteiger partial charge in [-0.05, 0) is 18.4 Å². The number of nitrogens with two attached hydrogens (primary N) is 1. The number of carbonyl (C=O) groups is 1. The van der Waals surface area contributed by atoms with Gasteiger partial charge in [-0.2, -0.15) is 0 Å². The summed E-state index contributed by atoms with van der Waals surface area (Å²) in [6, 6.07) is 5.99. The molecule has 1 heterocycles. The van der Waals surface area contributed by atoms with Crippen molar-refractivity contribution < 1.29 is 9.72 Å². The Labute approximate surface area is 105 Å². The molecule has 0 spiro atoms. The molecule has 1 fully saturated rings. The summed E-state index contributed by atoms with van der Waals surface area (Å²) in [5, 5.41) is 10.6. The Morgan fingerprint density at radius 3 is 2.61 bits per heavy atom. The van der Waals surface area contributed by atoms with Crippen LogP contribution in [-0.4, -0.2) is 28.9 Å². The number of carbonyl (C=O) groups excluding carboxylic acids is 1. The molecule has 0 bridgehead atoms. The highest BCUT2D eigenvalue weighted by Gasteiger charge is 2.23. The van der Waals surface area contributed by atoms with E-state index in [0.29, 0.717) is 13.1 Å². The number of non-ortho nitro benzene ring substituents is 1. The van der Waals surface area contributed by atoms with E-state index in [1.165, 1.54) is 12.1 Å². The third-order valence-corrected chi connectivity index (χ3v) is 3.11. The minimum Gasteiger partial charge on any atom is -0.351 e. The summed E-state index contributed by atoms with van der Waals surface area (Å²) in [6.45, 7) is 1.17. The predicted molar refractivity (Wildman–Crippen MR) is 65.9 cm³/mol. The van der Waals surface area contributed by atoms with Crippen LogP contribution in [0.4, 0.5) is 10.5 Å². The van der Waals surface area contributed by atoms with Crippen molar-refractivity contribution in [1.29, 1.82) is 0 Å². The summed E-state index contributed by atoms with van der Waals surface area (Å²) in [4.78, 5) is 22.8. The minimum absolute atomic E-state index is 0.0707. The number of hydrogen-bond acceptors (Lipinski definition) is 3. The number of primary amides is 1. The normalized spacial score (nSPS) is 19.6. The molecule has 1 aliphatic rings. The number of benzene rings is 1. The van der Waals surface area contributed by atoms with Gasteiger partial charge in [-0.1, -0.05) is 12.1 Å². The van der Waals surface area contributed by atoms with Crippen molar-refractivity contribution in [3.63, 3.8) is 0 Å². The van der Waals surface area contributed by atoms with Gasteiger partial charge in [0.25, 0.3) is 5.69 Å². The van der Waals surface area contributed by atoms with E-state index in [0.717, 1.165) is 12.0 Å². The van der Waals surface area contributed by atoms with Crippen LogP contribution in [0, 0.1) is 16.5 Å². The number of amides is 2. The fourth-order valence-electron chi connectivity index (χ4n) is 2.12. The number of piperidine rings is 1. The maximum Gasteiger partial charge on any atom is 0.314 e. The third-order valence-electron chi connectivity index (χ3n) is 3.11. The molecule has 0 aliphatic carbocycles. The van der Waals surface area contributed by atoms with Crippen LogP contribution in [0.15, 0.2) is 24.3 Å². The largest absolute Gasteiger partial charge is 0.351 e. The van der Waals surface area contributed by atoms with Crippen molar-refractivity contribution in [2.75, 3.05) is 13.1 Å². The van der Waals surface area contributed by atoms with E-state index in [4.69, 9.17) is 5.73 Å². The average molecular weight is 248 g/mol. The van der Waals surface area contributed by atoms with Gasteiger partial charge in [-0.3, -0.25) is 10.1 Å². The first-order valence-electron chi connectivity index (χ1n) is 5.70. The molecule has 0 aromatic heterocycles. The van der Waals surface area contributed by atoms with E-state index < -0.39 is 11.0 Å². The molecule has 1 radical (unpaired) electrons. The molecule has 1 aromatic carbocycles. The monoisotopic (exact) mass is 248 g/mol. The van der Waals surface area contributed by atoms with Gasteiger partial charge in [0.15, 0.2) is 0 Å². The Morgan fingerprint density at radius 2 is 2.06 bits per heavy atom. The lowest BCUT2D eigenvalue weighted by Crippen LogP contribution is -2.42. The van der Waals surface area contributed by atoms with Gasteiger partial charge < -0.3 is 10.6 Å². The first kappa shape index (κ1) is 12.3. The summed E-state index contributed by atoms with van der Waals surface area (Å²) in [6.07, 6.45) is 2.89. The summed E-state index contributed by atoms with van der Waals surface area (Å²) < 4.78 is 0. The molecule has 1 saturated heterocycles. The molecular weight excluding hydrogens is 234 g/mol. The fraction of sp³-hybridized carbons (Fsp3) is 0.333. The second-order valence-corrected chi connectivity index (χ2v) is 4.26. The summed E-state index contributed by atoms with van der Waals surface area (Å²) in [5.74, 6) is 0.0899. The molecule has 1 aromatic rings. The van der Waals surface area contributed by atoms with E-state index in [1.54, 1.807) is 17.0 Å².